The molecule has 3 aliphatic rings. The van der Waals surface area contributed by atoms with E-state index in [1.54, 1.807) is 17.9 Å². The number of allylic oxidation sites excluding steroid dienone is 2. The quantitative estimate of drug-likeness (QED) is 0.240. The molecule has 0 aromatic carbocycles. The molecule has 2 fully saturated rings. The monoisotopic (exact) mass is 604 g/mol. The fraction of sp³-hybridized carbons (Fsp3) is 0.719. The van der Waals surface area contributed by atoms with E-state index < -0.39 is 36.0 Å². The van der Waals surface area contributed by atoms with Crippen LogP contribution in [0.5, 0.6) is 0 Å². The number of hydrogen-bond acceptors (Lipinski definition) is 8. The summed E-state index contributed by atoms with van der Waals surface area (Å²) in [4.78, 5) is 43.6. The number of esters is 1. The summed E-state index contributed by atoms with van der Waals surface area (Å²) in [6, 6.07) is -0.0288. The summed E-state index contributed by atoms with van der Waals surface area (Å²) in [7, 11) is 2.00. The van der Waals surface area contributed by atoms with E-state index in [-0.39, 0.29) is 37.1 Å². The van der Waals surface area contributed by atoms with Gasteiger partial charge in [0.15, 0.2) is 6.10 Å². The maximum Gasteiger partial charge on any atom is 0.410 e. The standard InChI is InChI=1S/C32H52N4O7/c1-23(22-33-30(39)35-15-6-7-16-35)9-8-10-24(2)29-25(3)11-12-27(42-31(40)36-19-17-34(5)18-20-36)32(4,41)14-13-26(37)21-28(38)43-29/h8-12,23,25-27,29,37,41H,6-7,13-22H2,1-5H3,(H,33,39)/b9-8+,12-11+,24-10+/t23-,25+,26+,27+,29-,32+/m1/s1. The molecule has 0 bridgehead atoms. The molecule has 0 unspecified atom stereocenters. The van der Waals surface area contributed by atoms with Crippen molar-refractivity contribution < 1.29 is 34.1 Å². The number of nitrogens with one attached hydrogen (secondary N) is 1. The van der Waals surface area contributed by atoms with Crippen LogP contribution in [0.25, 0.3) is 0 Å². The van der Waals surface area contributed by atoms with Crippen molar-refractivity contribution in [2.45, 2.75) is 83.7 Å². The highest BCUT2D eigenvalue weighted by molar-refractivity contribution is 5.74. The first-order valence-corrected chi connectivity index (χ1v) is 15.7. The minimum Gasteiger partial charge on any atom is -0.457 e. The van der Waals surface area contributed by atoms with Gasteiger partial charge in [0, 0.05) is 51.7 Å². The Balaban J connectivity index is 1.71. The maximum absolute atomic E-state index is 13.0. The molecule has 0 spiro atoms. The molecule has 3 heterocycles. The van der Waals surface area contributed by atoms with Gasteiger partial charge >= 0.3 is 18.1 Å². The molecular weight excluding hydrogens is 552 g/mol. The maximum atomic E-state index is 13.0. The number of piperazine rings is 1. The molecule has 3 N–H and O–H groups in total. The first-order chi connectivity index (χ1) is 20.4. The Morgan fingerprint density at radius 2 is 1.84 bits per heavy atom. The Hall–Kier alpha value is -2.89. The van der Waals surface area contributed by atoms with Gasteiger partial charge in [-0.05, 0) is 64.1 Å². The lowest BCUT2D eigenvalue weighted by Crippen LogP contribution is -2.50. The summed E-state index contributed by atoms with van der Waals surface area (Å²) in [5.74, 6) is -0.742. The third-order valence-corrected chi connectivity index (χ3v) is 8.53. The summed E-state index contributed by atoms with van der Waals surface area (Å²) < 4.78 is 11.7. The number of likely N-dealkylation sites (N-methyl/N-ethyl adjacent to an activating group) is 1. The highest BCUT2D eigenvalue weighted by atomic mass is 16.6. The number of carbonyl (C=O) groups excluding carboxylic acids is 3. The largest absolute Gasteiger partial charge is 0.457 e. The molecular formula is C32H52N4O7. The predicted molar refractivity (Wildman–Crippen MR) is 164 cm³/mol. The Labute approximate surface area is 256 Å². The van der Waals surface area contributed by atoms with Crippen LogP contribution in [-0.4, -0.2) is 120 Å². The van der Waals surface area contributed by atoms with Crippen LogP contribution in [0.15, 0.2) is 36.0 Å². The molecule has 0 aromatic rings. The zero-order valence-corrected chi connectivity index (χ0v) is 26.5. The van der Waals surface area contributed by atoms with E-state index in [2.05, 4.69) is 10.2 Å². The summed E-state index contributed by atoms with van der Waals surface area (Å²) >= 11 is 0. The molecule has 6 atom stereocenters. The average Bonchev–Trinajstić information content (AvgIpc) is 3.50. The smallest absolute Gasteiger partial charge is 0.410 e. The molecule has 0 aromatic heterocycles. The Morgan fingerprint density at radius 1 is 1.16 bits per heavy atom. The molecule has 3 amide bonds. The topological polar surface area (TPSA) is 132 Å². The van der Waals surface area contributed by atoms with E-state index in [1.165, 1.54) is 0 Å². The molecule has 0 saturated carbocycles. The van der Waals surface area contributed by atoms with Crippen LogP contribution in [0.3, 0.4) is 0 Å². The van der Waals surface area contributed by atoms with Crippen LogP contribution in [-0.2, 0) is 14.3 Å². The third kappa shape index (κ3) is 11.0. The van der Waals surface area contributed by atoms with E-state index in [9.17, 15) is 24.6 Å². The number of aliphatic hydroxyl groups is 2. The number of rotatable bonds is 6. The summed E-state index contributed by atoms with van der Waals surface area (Å²) in [5, 5.41) is 24.8. The number of cyclic esters (lactones) is 1. The van der Waals surface area contributed by atoms with Crippen molar-refractivity contribution >= 4 is 18.1 Å². The number of carbonyl (C=O) groups is 3. The first kappa shape index (κ1) is 34.6. The molecule has 3 aliphatic heterocycles. The van der Waals surface area contributed by atoms with Crippen molar-refractivity contribution in [3.63, 3.8) is 0 Å². The predicted octanol–water partition coefficient (Wildman–Crippen LogP) is 3.08. The van der Waals surface area contributed by atoms with Gasteiger partial charge in [-0.25, -0.2) is 9.59 Å². The average molecular weight is 605 g/mol. The van der Waals surface area contributed by atoms with Gasteiger partial charge in [0.25, 0.3) is 0 Å². The van der Waals surface area contributed by atoms with Crippen molar-refractivity contribution in [3.05, 3.63) is 36.0 Å². The number of hydrogen-bond donors (Lipinski definition) is 3. The van der Waals surface area contributed by atoms with E-state index >= 15 is 0 Å². The molecule has 0 radical (unpaired) electrons. The highest BCUT2D eigenvalue weighted by Crippen LogP contribution is 2.27. The van der Waals surface area contributed by atoms with Crippen molar-refractivity contribution in [2.75, 3.05) is 52.9 Å². The Kier molecular flexibility index (Phi) is 13.1. The minimum absolute atomic E-state index is 0.0288. The van der Waals surface area contributed by atoms with Crippen molar-refractivity contribution in [2.24, 2.45) is 11.8 Å². The zero-order chi connectivity index (χ0) is 31.6. The fourth-order valence-corrected chi connectivity index (χ4v) is 5.46. The summed E-state index contributed by atoms with van der Waals surface area (Å²) in [5.41, 5.74) is -0.661. The summed E-state index contributed by atoms with van der Waals surface area (Å²) in [6.07, 6.45) is 8.32. The number of ether oxygens (including phenoxy) is 2. The molecule has 11 nitrogen and oxygen atoms in total. The second-order valence-electron chi connectivity index (χ2n) is 12.7. The van der Waals surface area contributed by atoms with E-state index in [4.69, 9.17) is 9.47 Å². The third-order valence-electron chi connectivity index (χ3n) is 8.53. The van der Waals surface area contributed by atoms with Crippen LogP contribution in [0.2, 0.25) is 0 Å². The molecule has 242 valence electrons. The van der Waals surface area contributed by atoms with Crippen LogP contribution >= 0.6 is 0 Å². The van der Waals surface area contributed by atoms with Crippen LogP contribution < -0.4 is 5.32 Å². The van der Waals surface area contributed by atoms with Gasteiger partial charge < -0.3 is 39.7 Å². The molecule has 43 heavy (non-hydrogen) atoms. The number of aliphatic hydroxyl groups excluding tert-OH is 1. The second kappa shape index (κ2) is 16.3. The van der Waals surface area contributed by atoms with Gasteiger partial charge in [-0.15, -0.1) is 0 Å². The van der Waals surface area contributed by atoms with Crippen LogP contribution in [0, 0.1) is 11.8 Å². The lowest BCUT2D eigenvalue weighted by molar-refractivity contribution is -0.151. The SMILES string of the molecule is C/C(=C\C=C\[C@@H](C)CNC(=O)N1CCCC1)[C@H]1OC(=O)C[C@@H](O)CC[C@](C)(O)[C@@H](OC(=O)N2CCN(C)CC2)/C=C/[C@@H]1C. The minimum atomic E-state index is -1.45. The fourth-order valence-electron chi connectivity index (χ4n) is 5.46. The highest BCUT2D eigenvalue weighted by Gasteiger charge is 2.36. The van der Waals surface area contributed by atoms with E-state index in [0.717, 1.165) is 44.6 Å². The molecule has 2 saturated heterocycles. The zero-order valence-electron chi connectivity index (χ0n) is 26.5. The molecule has 3 rings (SSSR count). The van der Waals surface area contributed by atoms with Crippen LogP contribution in [0.1, 0.15) is 59.8 Å². The van der Waals surface area contributed by atoms with Gasteiger partial charge in [0.05, 0.1) is 12.5 Å². The number of nitrogens with zero attached hydrogens (tertiary/aromatic N) is 3. The second-order valence-corrected chi connectivity index (χ2v) is 12.7. The molecule has 11 heteroatoms. The lowest BCUT2D eigenvalue weighted by Gasteiger charge is -2.36. The number of likely N-dealkylation sites (tertiary alicyclic amines) is 1. The lowest BCUT2D eigenvalue weighted by atomic mass is 9.89. The van der Waals surface area contributed by atoms with Gasteiger partial charge in [-0.3, -0.25) is 4.79 Å². The van der Waals surface area contributed by atoms with Crippen molar-refractivity contribution in [1.82, 2.24) is 20.0 Å². The van der Waals surface area contributed by atoms with Gasteiger partial charge in [0.2, 0.25) is 0 Å². The van der Waals surface area contributed by atoms with Crippen molar-refractivity contribution in [1.29, 1.82) is 0 Å². The summed E-state index contributed by atoms with van der Waals surface area (Å²) in [6.45, 7) is 12.1. The number of urea groups is 1. The van der Waals surface area contributed by atoms with E-state index in [1.807, 2.05) is 57.0 Å². The Bertz CT molecular complexity index is 1030. The van der Waals surface area contributed by atoms with Gasteiger partial charge in [0.1, 0.15) is 11.7 Å². The van der Waals surface area contributed by atoms with Crippen molar-refractivity contribution in [3.8, 4) is 0 Å². The normalized spacial score (nSPS) is 31.6. The molecule has 0 aliphatic carbocycles. The van der Waals surface area contributed by atoms with Crippen LogP contribution in [0.4, 0.5) is 9.59 Å². The van der Waals surface area contributed by atoms with Gasteiger partial charge in [-0.2, -0.15) is 0 Å². The van der Waals surface area contributed by atoms with E-state index in [0.29, 0.717) is 19.6 Å². The Morgan fingerprint density at radius 3 is 2.51 bits per heavy atom. The number of amides is 3. The van der Waals surface area contributed by atoms with Gasteiger partial charge in [-0.1, -0.05) is 38.2 Å². The first-order valence-electron chi connectivity index (χ1n) is 15.7.